The highest BCUT2D eigenvalue weighted by atomic mass is 32.2. The van der Waals surface area contributed by atoms with E-state index in [9.17, 15) is 0 Å². The van der Waals surface area contributed by atoms with Gasteiger partial charge in [0, 0.05) is 29.5 Å². The van der Waals surface area contributed by atoms with E-state index in [1.165, 1.54) is 12.0 Å². The molecule has 0 spiro atoms. The zero-order valence-electron chi connectivity index (χ0n) is 13.4. The van der Waals surface area contributed by atoms with Crippen LogP contribution in [0.3, 0.4) is 0 Å². The molecule has 0 N–H and O–H groups in total. The smallest absolute Gasteiger partial charge is 0.215 e. The molecule has 9 heteroatoms. The van der Waals surface area contributed by atoms with Crippen LogP contribution in [0.15, 0.2) is 53.2 Å². The summed E-state index contributed by atoms with van der Waals surface area (Å²) in [6, 6.07) is 7.76. The maximum atomic E-state index is 5.21. The Hall–Kier alpha value is -2.20. The van der Waals surface area contributed by atoms with E-state index in [0.717, 1.165) is 39.9 Å². The first-order valence-corrected chi connectivity index (χ1v) is 8.80. The van der Waals surface area contributed by atoms with Crippen LogP contribution in [0.2, 0.25) is 0 Å². The first-order chi connectivity index (χ1) is 12.3. The van der Waals surface area contributed by atoms with Crippen molar-refractivity contribution in [1.29, 1.82) is 0 Å². The second kappa shape index (κ2) is 6.96. The van der Waals surface area contributed by atoms with Gasteiger partial charge in [0.25, 0.3) is 0 Å². The first kappa shape index (κ1) is 16.3. The lowest BCUT2D eigenvalue weighted by atomic mass is 10.1. The van der Waals surface area contributed by atoms with Crippen LogP contribution < -0.4 is 0 Å². The number of hydrogen-bond donors (Lipinski definition) is 0. The molecule has 0 unspecified atom stereocenters. The van der Waals surface area contributed by atoms with Gasteiger partial charge in [-0.2, -0.15) is 0 Å². The zero-order chi connectivity index (χ0) is 17.2. The van der Waals surface area contributed by atoms with Crippen molar-refractivity contribution in [3.63, 3.8) is 0 Å². The Morgan fingerprint density at radius 1 is 0.920 bits per heavy atom. The highest BCUT2D eigenvalue weighted by Crippen LogP contribution is 2.35. The SMILES string of the molecule is COSc1nccc(-c2c3cccnc3n3c(SOC)nccc23)n1. The van der Waals surface area contributed by atoms with Crippen LogP contribution in [0.4, 0.5) is 0 Å². The topological polar surface area (TPSA) is 74.4 Å². The fourth-order valence-corrected chi connectivity index (χ4v) is 3.61. The minimum atomic E-state index is 0.553. The molecule has 4 aromatic rings. The normalized spacial score (nSPS) is 11.4. The second-order valence-corrected chi connectivity index (χ2v) is 6.65. The highest BCUT2D eigenvalue weighted by Gasteiger charge is 2.18. The lowest BCUT2D eigenvalue weighted by Crippen LogP contribution is -1.95. The van der Waals surface area contributed by atoms with E-state index in [0.29, 0.717) is 10.3 Å². The summed E-state index contributed by atoms with van der Waals surface area (Å²) < 4.78 is 12.3. The summed E-state index contributed by atoms with van der Waals surface area (Å²) in [7, 11) is 3.21. The molecule has 0 saturated carbocycles. The molecule has 0 aliphatic heterocycles. The molecule has 0 aromatic carbocycles. The highest BCUT2D eigenvalue weighted by molar-refractivity contribution is 7.94. The van der Waals surface area contributed by atoms with Gasteiger partial charge in [0.15, 0.2) is 0 Å². The fraction of sp³-hybridized carbons (Fsp3) is 0.125. The Balaban J connectivity index is 2.06. The third-order valence-electron chi connectivity index (χ3n) is 3.58. The van der Waals surface area contributed by atoms with E-state index < -0.39 is 0 Å². The summed E-state index contributed by atoms with van der Waals surface area (Å²) in [4.78, 5) is 17.8. The number of fused-ring (bicyclic) bond motifs is 3. The van der Waals surface area contributed by atoms with Crippen LogP contribution in [0.1, 0.15) is 0 Å². The predicted molar refractivity (Wildman–Crippen MR) is 97.3 cm³/mol. The van der Waals surface area contributed by atoms with Gasteiger partial charge in [0.1, 0.15) is 5.65 Å². The van der Waals surface area contributed by atoms with Crippen molar-refractivity contribution in [3.05, 3.63) is 42.9 Å². The number of aromatic nitrogens is 5. The van der Waals surface area contributed by atoms with E-state index in [-0.39, 0.29) is 0 Å². The molecule has 0 fully saturated rings. The van der Waals surface area contributed by atoms with Gasteiger partial charge in [-0.25, -0.2) is 19.9 Å². The molecule has 0 radical (unpaired) electrons. The fourth-order valence-electron chi connectivity index (χ4n) is 2.71. The van der Waals surface area contributed by atoms with Crippen LogP contribution in [-0.2, 0) is 8.37 Å². The minimum Gasteiger partial charge on any atom is -0.311 e. The average molecular weight is 371 g/mol. The Kier molecular flexibility index (Phi) is 4.53. The third kappa shape index (κ3) is 2.85. The van der Waals surface area contributed by atoms with E-state index in [2.05, 4.69) is 19.9 Å². The lowest BCUT2D eigenvalue weighted by Gasteiger charge is -2.04. The van der Waals surface area contributed by atoms with Crippen molar-refractivity contribution in [2.45, 2.75) is 10.3 Å². The van der Waals surface area contributed by atoms with Gasteiger partial charge in [-0.15, -0.1) is 0 Å². The molecule has 126 valence electrons. The van der Waals surface area contributed by atoms with Crippen molar-refractivity contribution >= 4 is 40.6 Å². The number of rotatable bonds is 5. The molecular formula is C16H13N5O2S2. The Morgan fingerprint density at radius 3 is 2.60 bits per heavy atom. The molecule has 7 nitrogen and oxygen atoms in total. The van der Waals surface area contributed by atoms with Crippen molar-refractivity contribution in [2.24, 2.45) is 0 Å². The Labute approximate surface area is 152 Å². The lowest BCUT2D eigenvalue weighted by molar-refractivity contribution is 0.485. The van der Waals surface area contributed by atoms with Gasteiger partial charge >= 0.3 is 0 Å². The quantitative estimate of drug-likeness (QED) is 0.389. The molecule has 0 aliphatic rings. The van der Waals surface area contributed by atoms with E-state index >= 15 is 0 Å². The molecular weight excluding hydrogens is 358 g/mol. The molecule has 0 saturated heterocycles. The third-order valence-corrected chi connectivity index (χ3v) is 4.70. The van der Waals surface area contributed by atoms with Gasteiger partial charge in [-0.1, -0.05) is 0 Å². The summed E-state index contributed by atoms with van der Waals surface area (Å²) in [5.41, 5.74) is 3.54. The van der Waals surface area contributed by atoms with Crippen molar-refractivity contribution < 1.29 is 8.37 Å². The Bertz CT molecular complexity index is 1050. The monoisotopic (exact) mass is 371 g/mol. The van der Waals surface area contributed by atoms with Gasteiger partial charge < -0.3 is 8.37 Å². The summed E-state index contributed by atoms with van der Waals surface area (Å²) >= 11 is 2.32. The van der Waals surface area contributed by atoms with E-state index in [4.69, 9.17) is 8.37 Å². The first-order valence-electron chi connectivity index (χ1n) is 7.32. The molecule has 25 heavy (non-hydrogen) atoms. The summed E-state index contributed by atoms with van der Waals surface area (Å²) in [6.07, 6.45) is 5.24. The zero-order valence-corrected chi connectivity index (χ0v) is 15.0. The van der Waals surface area contributed by atoms with E-state index in [1.807, 2.05) is 28.7 Å². The van der Waals surface area contributed by atoms with Crippen LogP contribution in [0, 0.1) is 0 Å². The molecule has 0 amide bonds. The average Bonchev–Trinajstić information content (AvgIpc) is 2.98. The van der Waals surface area contributed by atoms with Gasteiger partial charge in [0.05, 0.1) is 49.5 Å². The van der Waals surface area contributed by atoms with Gasteiger partial charge in [-0.3, -0.25) is 4.40 Å². The molecule has 4 heterocycles. The maximum Gasteiger partial charge on any atom is 0.215 e. The van der Waals surface area contributed by atoms with E-state index in [1.54, 1.807) is 32.8 Å². The van der Waals surface area contributed by atoms with Crippen LogP contribution in [0.5, 0.6) is 0 Å². The van der Waals surface area contributed by atoms with Crippen LogP contribution in [-0.4, -0.2) is 38.6 Å². The molecule has 0 aliphatic carbocycles. The maximum absolute atomic E-state index is 5.21. The second-order valence-electron chi connectivity index (χ2n) is 4.92. The van der Waals surface area contributed by atoms with Gasteiger partial charge in [0.2, 0.25) is 10.3 Å². The van der Waals surface area contributed by atoms with Crippen molar-refractivity contribution in [3.8, 4) is 11.3 Å². The molecule has 4 aromatic heterocycles. The standard InChI is InChI=1S/C16H13N5O2S2/c1-22-24-15-18-8-5-11(20-15)13-10-4-3-7-17-14(10)21-12(13)6-9-19-16(21)25-23-2/h3-9H,1-2H3. The van der Waals surface area contributed by atoms with Gasteiger partial charge in [-0.05, 0) is 24.3 Å². The number of hydrogen-bond acceptors (Lipinski definition) is 8. The number of nitrogens with zero attached hydrogens (tertiary/aromatic N) is 5. The summed E-state index contributed by atoms with van der Waals surface area (Å²) in [5.74, 6) is 0. The van der Waals surface area contributed by atoms with Crippen LogP contribution >= 0.6 is 24.1 Å². The Morgan fingerprint density at radius 2 is 1.76 bits per heavy atom. The van der Waals surface area contributed by atoms with Crippen LogP contribution in [0.25, 0.3) is 27.8 Å². The van der Waals surface area contributed by atoms with Crippen molar-refractivity contribution in [2.75, 3.05) is 14.2 Å². The summed E-state index contributed by atoms with van der Waals surface area (Å²) in [5, 5.41) is 2.24. The molecule has 0 atom stereocenters. The molecule has 4 rings (SSSR count). The summed E-state index contributed by atoms with van der Waals surface area (Å²) in [6.45, 7) is 0. The largest absolute Gasteiger partial charge is 0.311 e. The van der Waals surface area contributed by atoms with Crippen molar-refractivity contribution in [1.82, 2.24) is 24.3 Å². The molecule has 0 bridgehead atoms. The predicted octanol–water partition coefficient (Wildman–Crippen LogP) is 3.65. The number of pyridine rings is 1. The minimum absolute atomic E-state index is 0.553.